The quantitative estimate of drug-likeness (QED) is 0.894. The molecule has 4 nitrogen and oxygen atoms in total. The molecule has 1 spiro atoms. The van der Waals surface area contributed by atoms with Gasteiger partial charge in [-0.1, -0.05) is 48.5 Å². The van der Waals surface area contributed by atoms with Gasteiger partial charge < -0.3 is 9.84 Å². The van der Waals surface area contributed by atoms with Crippen molar-refractivity contribution in [2.45, 2.75) is 43.2 Å². The maximum atomic E-state index is 12.8. The van der Waals surface area contributed by atoms with Crippen LogP contribution in [0.25, 0.3) is 11.1 Å². The predicted molar refractivity (Wildman–Crippen MR) is 99.0 cm³/mol. The standard InChI is InChI=1S/C22H23NO3/c24-15-12-22(10-5-11-22)23(13-15)21(25)26-14-20-18-8-3-1-6-16(18)17-7-2-4-9-19(17)20/h1-4,6-9,15,20,24H,5,10-14H2. The SMILES string of the molecule is O=C(OCC1c2ccccc2-c2ccccc21)N1CC(O)CC12CCC2. The Morgan fingerprint density at radius 3 is 2.27 bits per heavy atom. The lowest BCUT2D eigenvalue weighted by molar-refractivity contribution is 0.0330. The maximum absolute atomic E-state index is 12.8. The minimum Gasteiger partial charge on any atom is -0.448 e. The molecule has 4 heteroatoms. The number of hydrogen-bond acceptors (Lipinski definition) is 3. The summed E-state index contributed by atoms with van der Waals surface area (Å²) in [4.78, 5) is 14.6. The van der Waals surface area contributed by atoms with Crippen LogP contribution in [0.5, 0.6) is 0 Å². The van der Waals surface area contributed by atoms with Crippen LogP contribution in [0.4, 0.5) is 4.79 Å². The molecule has 1 atom stereocenters. The molecule has 3 aliphatic rings. The third kappa shape index (κ3) is 2.28. The second kappa shape index (κ2) is 5.85. The van der Waals surface area contributed by atoms with Crippen LogP contribution in [0.1, 0.15) is 42.7 Å². The van der Waals surface area contributed by atoms with Gasteiger partial charge in [0, 0.05) is 11.5 Å². The van der Waals surface area contributed by atoms with Crippen molar-refractivity contribution >= 4 is 6.09 Å². The van der Waals surface area contributed by atoms with E-state index in [4.69, 9.17) is 4.74 Å². The van der Waals surface area contributed by atoms with Gasteiger partial charge in [0.15, 0.2) is 0 Å². The summed E-state index contributed by atoms with van der Waals surface area (Å²) in [6, 6.07) is 16.7. The zero-order chi connectivity index (χ0) is 17.7. The molecule has 0 bridgehead atoms. The predicted octanol–water partition coefficient (Wildman–Crippen LogP) is 3.92. The normalized spacial score (nSPS) is 22.8. The zero-order valence-corrected chi connectivity index (χ0v) is 14.7. The number of β-amino-alcohol motifs (C(OH)–C–C–N with tert-alkyl or cyclic N) is 1. The molecule has 1 amide bonds. The highest BCUT2D eigenvalue weighted by Crippen LogP contribution is 2.47. The Labute approximate surface area is 153 Å². The fraction of sp³-hybridized carbons (Fsp3) is 0.409. The number of benzene rings is 2. The van der Waals surface area contributed by atoms with Crippen LogP contribution in [0, 0.1) is 0 Å². The number of carbonyl (C=O) groups is 1. The van der Waals surface area contributed by atoms with E-state index in [1.54, 1.807) is 4.90 Å². The summed E-state index contributed by atoms with van der Waals surface area (Å²) in [6.07, 6.45) is 3.08. The van der Waals surface area contributed by atoms with E-state index in [0.717, 1.165) is 19.3 Å². The second-order valence-corrected chi connectivity index (χ2v) is 7.85. The van der Waals surface area contributed by atoms with E-state index in [1.807, 2.05) is 12.1 Å². The van der Waals surface area contributed by atoms with Crippen molar-refractivity contribution < 1.29 is 14.6 Å². The first-order chi connectivity index (χ1) is 12.7. The highest BCUT2D eigenvalue weighted by molar-refractivity contribution is 5.79. The summed E-state index contributed by atoms with van der Waals surface area (Å²) in [7, 11) is 0. The summed E-state index contributed by atoms with van der Waals surface area (Å²) in [5.41, 5.74) is 4.76. The molecule has 2 fully saturated rings. The molecule has 1 heterocycles. The smallest absolute Gasteiger partial charge is 0.410 e. The first kappa shape index (κ1) is 15.9. The van der Waals surface area contributed by atoms with Gasteiger partial charge in [-0.25, -0.2) is 4.79 Å². The van der Waals surface area contributed by atoms with E-state index in [9.17, 15) is 9.90 Å². The molecule has 0 radical (unpaired) electrons. The van der Waals surface area contributed by atoms with Gasteiger partial charge >= 0.3 is 6.09 Å². The van der Waals surface area contributed by atoms with Gasteiger partial charge in [0.1, 0.15) is 6.61 Å². The van der Waals surface area contributed by atoms with E-state index >= 15 is 0 Å². The Morgan fingerprint density at radius 1 is 1.08 bits per heavy atom. The molecule has 26 heavy (non-hydrogen) atoms. The number of likely N-dealkylation sites (tertiary alicyclic amines) is 1. The summed E-state index contributed by atoms with van der Waals surface area (Å²) < 4.78 is 5.78. The van der Waals surface area contributed by atoms with E-state index in [1.165, 1.54) is 22.3 Å². The summed E-state index contributed by atoms with van der Waals surface area (Å²) in [6.45, 7) is 0.742. The molecule has 5 rings (SSSR count). The number of ether oxygens (including phenoxy) is 1. The molecule has 0 aromatic heterocycles. The van der Waals surface area contributed by atoms with Crippen molar-refractivity contribution in [1.82, 2.24) is 4.90 Å². The number of aliphatic hydroxyl groups is 1. The third-order valence-corrected chi connectivity index (χ3v) is 6.42. The lowest BCUT2D eigenvalue weighted by Crippen LogP contribution is -2.52. The average molecular weight is 349 g/mol. The van der Waals surface area contributed by atoms with Crippen molar-refractivity contribution in [3.8, 4) is 11.1 Å². The van der Waals surface area contributed by atoms with Gasteiger partial charge in [0.25, 0.3) is 0 Å². The Morgan fingerprint density at radius 2 is 1.69 bits per heavy atom. The molecule has 2 aliphatic carbocycles. The van der Waals surface area contributed by atoms with E-state index in [-0.39, 0.29) is 17.6 Å². The van der Waals surface area contributed by atoms with Crippen LogP contribution in [-0.2, 0) is 4.74 Å². The van der Waals surface area contributed by atoms with E-state index in [0.29, 0.717) is 19.6 Å². The lowest BCUT2D eigenvalue weighted by Gasteiger charge is -2.44. The Kier molecular flexibility index (Phi) is 3.57. The Bertz CT molecular complexity index is 812. The fourth-order valence-electron chi connectivity index (χ4n) is 5.02. The van der Waals surface area contributed by atoms with Crippen LogP contribution in [0.2, 0.25) is 0 Å². The van der Waals surface area contributed by atoms with E-state index in [2.05, 4.69) is 36.4 Å². The van der Waals surface area contributed by atoms with Crippen molar-refractivity contribution in [3.63, 3.8) is 0 Å². The molecule has 1 unspecified atom stereocenters. The van der Waals surface area contributed by atoms with Crippen molar-refractivity contribution in [1.29, 1.82) is 0 Å². The molecular formula is C22H23NO3. The van der Waals surface area contributed by atoms with Crippen LogP contribution in [0.15, 0.2) is 48.5 Å². The molecule has 1 aliphatic heterocycles. The average Bonchev–Trinajstić information content (AvgIpc) is 3.15. The number of aliphatic hydroxyl groups excluding tert-OH is 1. The molecule has 2 aromatic carbocycles. The largest absolute Gasteiger partial charge is 0.448 e. The fourth-order valence-corrected chi connectivity index (χ4v) is 5.02. The first-order valence-corrected chi connectivity index (χ1v) is 9.49. The van der Waals surface area contributed by atoms with Crippen LogP contribution in [-0.4, -0.2) is 40.9 Å². The molecule has 134 valence electrons. The zero-order valence-electron chi connectivity index (χ0n) is 14.7. The van der Waals surface area contributed by atoms with Gasteiger partial charge in [-0.05, 0) is 47.9 Å². The number of amides is 1. The highest BCUT2D eigenvalue weighted by atomic mass is 16.6. The second-order valence-electron chi connectivity index (χ2n) is 7.85. The summed E-state index contributed by atoms with van der Waals surface area (Å²) in [5, 5.41) is 10.0. The molecular weight excluding hydrogens is 326 g/mol. The monoisotopic (exact) mass is 349 g/mol. The number of rotatable bonds is 2. The number of hydrogen-bond donors (Lipinski definition) is 1. The van der Waals surface area contributed by atoms with Crippen molar-refractivity contribution in [2.75, 3.05) is 13.2 Å². The highest BCUT2D eigenvalue weighted by Gasteiger charge is 2.52. The molecule has 1 saturated carbocycles. The van der Waals surface area contributed by atoms with Crippen LogP contribution >= 0.6 is 0 Å². The number of nitrogens with zero attached hydrogens (tertiary/aromatic N) is 1. The van der Waals surface area contributed by atoms with Gasteiger partial charge in [-0.3, -0.25) is 4.90 Å². The topological polar surface area (TPSA) is 49.8 Å². The molecule has 2 aromatic rings. The van der Waals surface area contributed by atoms with Crippen LogP contribution in [0.3, 0.4) is 0 Å². The van der Waals surface area contributed by atoms with E-state index < -0.39 is 6.10 Å². The third-order valence-electron chi connectivity index (χ3n) is 6.42. The summed E-state index contributed by atoms with van der Waals surface area (Å²) >= 11 is 0. The van der Waals surface area contributed by atoms with Gasteiger partial charge in [0.2, 0.25) is 0 Å². The lowest BCUT2D eigenvalue weighted by atomic mass is 9.75. The van der Waals surface area contributed by atoms with Gasteiger partial charge in [-0.2, -0.15) is 0 Å². The minimum atomic E-state index is -0.421. The first-order valence-electron chi connectivity index (χ1n) is 9.49. The Hall–Kier alpha value is -2.33. The number of fused-ring (bicyclic) bond motifs is 3. The van der Waals surface area contributed by atoms with Gasteiger partial charge in [-0.15, -0.1) is 0 Å². The van der Waals surface area contributed by atoms with Crippen molar-refractivity contribution in [3.05, 3.63) is 59.7 Å². The maximum Gasteiger partial charge on any atom is 0.410 e. The molecule has 1 N–H and O–H groups in total. The van der Waals surface area contributed by atoms with Crippen molar-refractivity contribution in [2.24, 2.45) is 0 Å². The summed E-state index contributed by atoms with van der Waals surface area (Å²) in [5.74, 6) is 0.0798. The van der Waals surface area contributed by atoms with Gasteiger partial charge in [0.05, 0.1) is 12.6 Å². The minimum absolute atomic E-state index is 0.0798. The Balaban J connectivity index is 1.36. The van der Waals surface area contributed by atoms with Crippen LogP contribution < -0.4 is 0 Å². The number of carbonyl (C=O) groups excluding carboxylic acids is 1. The molecule has 1 saturated heterocycles.